The molecule has 0 amide bonds. The van der Waals surface area contributed by atoms with E-state index in [0.717, 1.165) is 36.1 Å². The third kappa shape index (κ3) is 28.9. The molecule has 0 aromatic heterocycles. The van der Waals surface area contributed by atoms with Crippen LogP contribution in [0.25, 0.3) is 6.08 Å². The second-order valence-corrected chi connectivity index (χ2v) is 14.1. The Morgan fingerprint density at radius 1 is 0.553 bits per heavy atom. The molecule has 1 aromatic rings. The first kappa shape index (κ1) is 43.2. The summed E-state index contributed by atoms with van der Waals surface area (Å²) in [6.07, 6.45) is 44.2. The van der Waals surface area contributed by atoms with E-state index in [4.69, 9.17) is 14.6 Å². The summed E-state index contributed by atoms with van der Waals surface area (Å²) in [5, 5.41) is 8.80. The molecular formula is C43H76O4. The molecule has 1 aromatic carbocycles. The number of rotatable bonds is 35. The van der Waals surface area contributed by atoms with Gasteiger partial charge in [-0.05, 0) is 43.0 Å². The molecule has 0 spiro atoms. The molecule has 4 nitrogen and oxygen atoms in total. The minimum absolute atomic E-state index is 0.272. The fraction of sp³-hybridized carbons (Fsp3) is 0.791. The van der Waals surface area contributed by atoms with Crippen LogP contribution < -0.4 is 4.74 Å². The highest BCUT2D eigenvalue weighted by molar-refractivity contribution is 5.87. The SMILES string of the molecule is COc1cc(C=CC(=O)OCCCCCCCCCCCCCCCCCCCCCCCCCCCCCCCCO)ccc1C. The maximum absolute atomic E-state index is 12.0. The summed E-state index contributed by atoms with van der Waals surface area (Å²) in [4.78, 5) is 12.0. The van der Waals surface area contributed by atoms with Crippen LogP contribution in [0, 0.1) is 6.92 Å². The Hall–Kier alpha value is -1.81. The molecule has 0 aliphatic rings. The Morgan fingerprint density at radius 2 is 0.894 bits per heavy atom. The molecule has 0 saturated carbocycles. The lowest BCUT2D eigenvalue weighted by atomic mass is 10.0. The van der Waals surface area contributed by atoms with Gasteiger partial charge in [0.15, 0.2) is 0 Å². The van der Waals surface area contributed by atoms with E-state index in [2.05, 4.69) is 0 Å². The molecule has 47 heavy (non-hydrogen) atoms. The van der Waals surface area contributed by atoms with Gasteiger partial charge >= 0.3 is 5.97 Å². The van der Waals surface area contributed by atoms with Crippen molar-refractivity contribution >= 4 is 12.0 Å². The zero-order valence-electron chi connectivity index (χ0n) is 31.2. The molecule has 0 radical (unpaired) electrons. The monoisotopic (exact) mass is 657 g/mol. The third-order valence-electron chi connectivity index (χ3n) is 9.64. The van der Waals surface area contributed by atoms with Crippen molar-refractivity contribution in [3.8, 4) is 5.75 Å². The summed E-state index contributed by atoms with van der Waals surface area (Å²) in [7, 11) is 1.66. The van der Waals surface area contributed by atoms with E-state index in [0.29, 0.717) is 13.2 Å². The maximum atomic E-state index is 12.0. The van der Waals surface area contributed by atoms with Crippen molar-refractivity contribution in [2.75, 3.05) is 20.3 Å². The quantitative estimate of drug-likeness (QED) is 0.0449. The van der Waals surface area contributed by atoms with Crippen LogP contribution in [-0.4, -0.2) is 31.4 Å². The van der Waals surface area contributed by atoms with Crippen molar-refractivity contribution in [1.29, 1.82) is 0 Å². The average molecular weight is 657 g/mol. The van der Waals surface area contributed by atoms with Gasteiger partial charge in [0.1, 0.15) is 5.75 Å². The van der Waals surface area contributed by atoms with Gasteiger partial charge in [-0.1, -0.05) is 192 Å². The van der Waals surface area contributed by atoms with E-state index in [1.807, 2.05) is 25.1 Å². The molecule has 1 N–H and O–H groups in total. The topological polar surface area (TPSA) is 55.8 Å². The molecule has 0 saturated heterocycles. The number of esters is 1. The molecule has 0 heterocycles. The highest BCUT2D eigenvalue weighted by Crippen LogP contribution is 2.20. The lowest BCUT2D eigenvalue weighted by Crippen LogP contribution is -2.02. The highest BCUT2D eigenvalue weighted by atomic mass is 16.5. The van der Waals surface area contributed by atoms with Crippen LogP contribution in [0.15, 0.2) is 24.3 Å². The van der Waals surface area contributed by atoms with Crippen molar-refractivity contribution in [3.05, 3.63) is 35.4 Å². The summed E-state index contributed by atoms with van der Waals surface area (Å²) >= 11 is 0. The van der Waals surface area contributed by atoms with Gasteiger partial charge in [-0.3, -0.25) is 0 Å². The van der Waals surface area contributed by atoms with Gasteiger partial charge in [-0.25, -0.2) is 4.79 Å². The minimum atomic E-state index is -0.272. The van der Waals surface area contributed by atoms with Crippen LogP contribution >= 0.6 is 0 Å². The van der Waals surface area contributed by atoms with Gasteiger partial charge in [0.25, 0.3) is 0 Å². The Morgan fingerprint density at radius 3 is 1.23 bits per heavy atom. The summed E-state index contributed by atoms with van der Waals surface area (Å²) in [5.74, 6) is 0.556. The van der Waals surface area contributed by atoms with Gasteiger partial charge in [0.2, 0.25) is 0 Å². The van der Waals surface area contributed by atoms with Crippen LogP contribution in [0.4, 0.5) is 0 Å². The largest absolute Gasteiger partial charge is 0.496 e. The number of hydrogen-bond donors (Lipinski definition) is 1. The number of benzene rings is 1. The smallest absolute Gasteiger partial charge is 0.330 e. The van der Waals surface area contributed by atoms with Gasteiger partial charge in [0, 0.05) is 12.7 Å². The Bertz CT molecular complexity index is 848. The summed E-state index contributed by atoms with van der Waals surface area (Å²) in [5.41, 5.74) is 2.02. The van der Waals surface area contributed by atoms with Crippen molar-refractivity contribution in [3.63, 3.8) is 0 Å². The van der Waals surface area contributed by atoms with Crippen LogP contribution in [0.3, 0.4) is 0 Å². The van der Waals surface area contributed by atoms with E-state index in [9.17, 15) is 4.79 Å². The zero-order valence-corrected chi connectivity index (χ0v) is 31.2. The number of hydrogen-bond acceptors (Lipinski definition) is 4. The van der Waals surface area contributed by atoms with E-state index >= 15 is 0 Å². The molecule has 0 fully saturated rings. The first-order chi connectivity index (χ1) is 23.2. The first-order valence-corrected chi connectivity index (χ1v) is 20.3. The molecule has 0 bridgehead atoms. The third-order valence-corrected chi connectivity index (χ3v) is 9.64. The molecule has 1 rings (SSSR count). The van der Waals surface area contributed by atoms with E-state index < -0.39 is 0 Å². The van der Waals surface area contributed by atoms with Crippen LogP contribution in [-0.2, 0) is 9.53 Å². The fourth-order valence-electron chi connectivity index (χ4n) is 6.49. The van der Waals surface area contributed by atoms with Gasteiger partial charge < -0.3 is 14.6 Å². The van der Waals surface area contributed by atoms with Crippen molar-refractivity contribution in [2.24, 2.45) is 0 Å². The number of aliphatic hydroxyl groups excluding tert-OH is 1. The average Bonchev–Trinajstić information content (AvgIpc) is 3.08. The molecule has 4 heteroatoms. The number of methoxy groups -OCH3 is 1. The highest BCUT2D eigenvalue weighted by Gasteiger charge is 2.01. The summed E-state index contributed by atoms with van der Waals surface area (Å²) in [6.45, 7) is 2.88. The molecule has 0 unspecified atom stereocenters. The lowest BCUT2D eigenvalue weighted by Gasteiger charge is -2.05. The second-order valence-electron chi connectivity index (χ2n) is 14.1. The van der Waals surface area contributed by atoms with E-state index in [-0.39, 0.29) is 5.97 Å². The van der Waals surface area contributed by atoms with Crippen molar-refractivity contribution in [2.45, 2.75) is 200 Å². The van der Waals surface area contributed by atoms with E-state index in [1.165, 1.54) is 179 Å². The van der Waals surface area contributed by atoms with Gasteiger partial charge in [-0.15, -0.1) is 0 Å². The van der Waals surface area contributed by atoms with Gasteiger partial charge in [-0.2, -0.15) is 0 Å². The van der Waals surface area contributed by atoms with Crippen LogP contribution in [0.5, 0.6) is 5.75 Å². The number of carbonyl (C=O) groups excluding carboxylic acids is 1. The zero-order chi connectivity index (χ0) is 33.9. The Labute approximate surface area is 291 Å². The molecule has 0 aliphatic carbocycles. The number of aliphatic hydroxyl groups is 1. The van der Waals surface area contributed by atoms with Crippen LogP contribution in [0.2, 0.25) is 0 Å². The normalized spacial score (nSPS) is 11.5. The first-order valence-electron chi connectivity index (χ1n) is 20.3. The minimum Gasteiger partial charge on any atom is -0.496 e. The van der Waals surface area contributed by atoms with Crippen molar-refractivity contribution < 1.29 is 19.4 Å². The van der Waals surface area contributed by atoms with E-state index in [1.54, 1.807) is 13.2 Å². The summed E-state index contributed by atoms with van der Waals surface area (Å²) in [6, 6.07) is 5.90. The summed E-state index contributed by atoms with van der Waals surface area (Å²) < 4.78 is 10.7. The molecule has 0 aliphatic heterocycles. The number of unbranched alkanes of at least 4 members (excludes halogenated alkanes) is 29. The Kier molecular flexibility index (Phi) is 31.3. The second kappa shape index (κ2) is 34.1. The fourth-order valence-corrected chi connectivity index (χ4v) is 6.49. The Balaban J connectivity index is 1.71. The van der Waals surface area contributed by atoms with Crippen molar-refractivity contribution in [1.82, 2.24) is 0 Å². The molecule has 0 atom stereocenters. The number of aryl methyl sites for hydroxylation is 1. The number of carbonyl (C=O) groups is 1. The predicted octanol–water partition coefficient (Wildman–Crippen LogP) is 13.3. The standard InChI is InChI=1S/C43H76O4/c1-40-33-34-41(39-42(40)46-2)35-36-43(45)47-38-32-30-28-26-24-22-20-18-16-14-12-10-8-6-4-3-5-7-9-11-13-15-17-19-21-23-25-27-29-31-37-44/h33-36,39,44H,3-32,37-38H2,1-2H3. The maximum Gasteiger partial charge on any atom is 0.330 e. The lowest BCUT2D eigenvalue weighted by molar-refractivity contribution is -0.137. The van der Waals surface area contributed by atoms with Crippen LogP contribution in [0.1, 0.15) is 204 Å². The molecular weight excluding hydrogens is 580 g/mol. The number of ether oxygens (including phenoxy) is 2. The van der Waals surface area contributed by atoms with Gasteiger partial charge in [0.05, 0.1) is 13.7 Å². The predicted molar refractivity (Wildman–Crippen MR) is 203 cm³/mol. The molecule has 272 valence electrons.